The van der Waals surface area contributed by atoms with Crippen LogP contribution in [0.3, 0.4) is 0 Å². The Kier molecular flexibility index (Phi) is 5.95. The number of nitrogens with zero attached hydrogens (tertiary/aromatic N) is 4. The molecule has 0 spiro atoms. The maximum atomic E-state index is 12.7. The summed E-state index contributed by atoms with van der Waals surface area (Å²) in [7, 11) is 1.87. The molecule has 2 aromatic carbocycles. The van der Waals surface area contributed by atoms with Crippen molar-refractivity contribution in [2.24, 2.45) is 0 Å². The molecule has 0 saturated carbocycles. The number of thiazole rings is 1. The number of rotatable bonds is 7. The molecule has 0 fully saturated rings. The molecule has 0 aliphatic heterocycles. The highest BCUT2D eigenvalue weighted by atomic mass is 32.1. The van der Waals surface area contributed by atoms with Crippen LogP contribution in [0.15, 0.2) is 54.6 Å². The minimum absolute atomic E-state index is 0.155. The van der Waals surface area contributed by atoms with Crippen LogP contribution in [0.25, 0.3) is 15.9 Å². The topological polar surface area (TPSA) is 51.0 Å². The van der Waals surface area contributed by atoms with Gasteiger partial charge < -0.3 is 4.90 Å². The number of amides is 1. The van der Waals surface area contributed by atoms with Crippen molar-refractivity contribution >= 4 is 27.5 Å². The van der Waals surface area contributed by atoms with Crippen LogP contribution in [0.5, 0.6) is 0 Å². The Morgan fingerprint density at radius 1 is 1.07 bits per heavy atom. The number of fused-ring (bicyclic) bond motifs is 1. The van der Waals surface area contributed by atoms with Gasteiger partial charge in [0.2, 0.25) is 5.91 Å². The lowest BCUT2D eigenvalue weighted by Crippen LogP contribution is -2.26. The quantitative estimate of drug-likeness (QED) is 0.420. The lowest BCUT2D eigenvalue weighted by molar-refractivity contribution is -0.130. The Labute approximate surface area is 181 Å². The summed E-state index contributed by atoms with van der Waals surface area (Å²) in [5.74, 6) is 0.155. The van der Waals surface area contributed by atoms with Crippen LogP contribution < -0.4 is 0 Å². The maximum absolute atomic E-state index is 12.7. The Bertz CT molecular complexity index is 1130. The number of hydrogen-bond donors (Lipinski definition) is 0. The molecule has 5 nitrogen and oxygen atoms in total. The number of aromatic nitrogens is 3. The number of carbonyl (C=O) groups is 1. The largest absolute Gasteiger partial charge is 0.341 e. The molecule has 4 rings (SSSR count). The third kappa shape index (κ3) is 4.28. The molecule has 0 radical (unpaired) electrons. The van der Waals surface area contributed by atoms with Gasteiger partial charge in [0.15, 0.2) is 0 Å². The summed E-state index contributed by atoms with van der Waals surface area (Å²) in [6, 6.07) is 18.3. The number of para-hydroxylation sites is 2. The van der Waals surface area contributed by atoms with Crippen LogP contribution in [-0.4, -0.2) is 32.6 Å². The number of benzene rings is 2. The average molecular weight is 419 g/mol. The van der Waals surface area contributed by atoms with Crippen LogP contribution in [0, 0.1) is 13.8 Å². The van der Waals surface area contributed by atoms with Crippen molar-refractivity contribution < 1.29 is 4.79 Å². The summed E-state index contributed by atoms with van der Waals surface area (Å²) in [5, 5.41) is 5.79. The van der Waals surface area contributed by atoms with Crippen molar-refractivity contribution in [2.45, 2.75) is 39.7 Å². The third-order valence-corrected chi connectivity index (χ3v) is 6.48. The first kappa shape index (κ1) is 20.3. The molecule has 154 valence electrons. The molecule has 0 bridgehead atoms. The molecule has 0 atom stereocenters. The molecule has 4 aromatic rings. The molecule has 6 heteroatoms. The van der Waals surface area contributed by atoms with Crippen LogP contribution in [0.2, 0.25) is 0 Å². The van der Waals surface area contributed by atoms with E-state index in [9.17, 15) is 4.79 Å². The normalized spacial score (nSPS) is 11.2. The number of hydrogen-bond acceptors (Lipinski definition) is 4. The van der Waals surface area contributed by atoms with Gasteiger partial charge in [-0.1, -0.05) is 30.3 Å². The Balaban J connectivity index is 1.36. The molecular weight excluding hydrogens is 392 g/mol. The molecule has 2 heterocycles. The molecule has 0 saturated heterocycles. The minimum atomic E-state index is 0.155. The van der Waals surface area contributed by atoms with Crippen LogP contribution in [-0.2, 0) is 17.8 Å². The summed E-state index contributed by atoms with van der Waals surface area (Å²) in [6.07, 6.45) is 2.17. The standard InChI is InChI=1S/C24H26N4OS/c1-17-20(18(2)28(26-17)19-10-5-4-6-11-19)16-27(3)24(29)15-9-14-23-25-21-12-7-8-13-22(21)30-23/h4-8,10-13H,9,14-16H2,1-3H3. The number of carbonyl (C=O) groups excluding carboxylic acids is 1. The van der Waals surface area contributed by atoms with E-state index in [1.807, 2.05) is 72.1 Å². The molecule has 0 aliphatic carbocycles. The van der Waals surface area contributed by atoms with Gasteiger partial charge in [0, 0.05) is 31.3 Å². The Morgan fingerprint density at radius 2 is 1.80 bits per heavy atom. The molecule has 0 aliphatic rings. The molecule has 0 N–H and O–H groups in total. The average Bonchev–Trinajstić information content (AvgIpc) is 3.29. The zero-order chi connectivity index (χ0) is 21.1. The first-order valence-electron chi connectivity index (χ1n) is 10.2. The first-order chi connectivity index (χ1) is 14.5. The van der Waals surface area contributed by atoms with E-state index in [1.54, 1.807) is 11.3 Å². The van der Waals surface area contributed by atoms with Crippen LogP contribution in [0.1, 0.15) is 34.8 Å². The van der Waals surface area contributed by atoms with Gasteiger partial charge in [0.25, 0.3) is 0 Å². The SMILES string of the molecule is Cc1nn(-c2ccccc2)c(C)c1CN(C)C(=O)CCCc1nc2ccccc2s1. The fourth-order valence-electron chi connectivity index (χ4n) is 3.66. The third-order valence-electron chi connectivity index (χ3n) is 5.38. The summed E-state index contributed by atoms with van der Waals surface area (Å²) in [4.78, 5) is 19.2. The van der Waals surface area contributed by atoms with Crippen molar-refractivity contribution in [3.63, 3.8) is 0 Å². The highest BCUT2D eigenvalue weighted by Crippen LogP contribution is 2.23. The summed E-state index contributed by atoms with van der Waals surface area (Å²) < 4.78 is 3.16. The fourth-order valence-corrected chi connectivity index (χ4v) is 4.67. The van der Waals surface area contributed by atoms with Gasteiger partial charge in [0.05, 0.1) is 26.6 Å². The van der Waals surface area contributed by atoms with E-state index >= 15 is 0 Å². The second-order valence-corrected chi connectivity index (χ2v) is 8.69. The molecule has 0 unspecified atom stereocenters. The van der Waals surface area contributed by atoms with Gasteiger partial charge in [-0.25, -0.2) is 9.67 Å². The van der Waals surface area contributed by atoms with Crippen molar-refractivity contribution in [3.05, 3.63) is 76.6 Å². The maximum Gasteiger partial charge on any atom is 0.222 e. The van der Waals surface area contributed by atoms with Gasteiger partial charge in [-0.3, -0.25) is 4.79 Å². The summed E-state index contributed by atoms with van der Waals surface area (Å²) >= 11 is 1.72. The summed E-state index contributed by atoms with van der Waals surface area (Å²) in [6.45, 7) is 4.64. The first-order valence-corrected chi connectivity index (χ1v) is 11.0. The van der Waals surface area contributed by atoms with E-state index in [1.165, 1.54) is 4.70 Å². The van der Waals surface area contributed by atoms with E-state index in [0.29, 0.717) is 13.0 Å². The van der Waals surface area contributed by atoms with E-state index in [4.69, 9.17) is 0 Å². The Morgan fingerprint density at radius 3 is 2.57 bits per heavy atom. The fraction of sp³-hybridized carbons (Fsp3) is 0.292. The second-order valence-electron chi connectivity index (χ2n) is 7.58. The smallest absolute Gasteiger partial charge is 0.222 e. The van der Waals surface area contributed by atoms with Crippen LogP contribution >= 0.6 is 11.3 Å². The monoisotopic (exact) mass is 418 g/mol. The molecule has 2 aromatic heterocycles. The minimum Gasteiger partial charge on any atom is -0.341 e. The highest BCUT2D eigenvalue weighted by molar-refractivity contribution is 7.18. The van der Waals surface area contributed by atoms with Gasteiger partial charge in [-0.05, 0) is 51.0 Å². The van der Waals surface area contributed by atoms with Crippen molar-refractivity contribution in [1.82, 2.24) is 19.7 Å². The predicted molar refractivity (Wildman–Crippen MR) is 122 cm³/mol. The van der Waals surface area contributed by atoms with Gasteiger partial charge in [-0.2, -0.15) is 5.10 Å². The van der Waals surface area contributed by atoms with E-state index < -0.39 is 0 Å². The molecule has 1 amide bonds. The van der Waals surface area contributed by atoms with E-state index in [2.05, 4.69) is 23.1 Å². The Hall–Kier alpha value is -2.99. The van der Waals surface area contributed by atoms with Crippen molar-refractivity contribution in [2.75, 3.05) is 7.05 Å². The van der Waals surface area contributed by atoms with Gasteiger partial charge in [-0.15, -0.1) is 11.3 Å². The lowest BCUT2D eigenvalue weighted by Gasteiger charge is -2.17. The molecule has 30 heavy (non-hydrogen) atoms. The van der Waals surface area contributed by atoms with Gasteiger partial charge >= 0.3 is 0 Å². The summed E-state index contributed by atoms with van der Waals surface area (Å²) in [5.41, 5.74) is 5.23. The predicted octanol–water partition coefficient (Wildman–Crippen LogP) is 5.08. The van der Waals surface area contributed by atoms with Gasteiger partial charge in [0.1, 0.15) is 0 Å². The second kappa shape index (κ2) is 8.79. The zero-order valence-electron chi connectivity index (χ0n) is 17.6. The van der Waals surface area contributed by atoms with Crippen LogP contribution in [0.4, 0.5) is 0 Å². The molecular formula is C24H26N4OS. The zero-order valence-corrected chi connectivity index (χ0v) is 18.4. The van der Waals surface area contributed by atoms with E-state index in [-0.39, 0.29) is 5.91 Å². The lowest BCUT2D eigenvalue weighted by atomic mass is 10.1. The van der Waals surface area contributed by atoms with Crippen molar-refractivity contribution in [1.29, 1.82) is 0 Å². The van der Waals surface area contributed by atoms with Crippen molar-refractivity contribution in [3.8, 4) is 5.69 Å². The van der Waals surface area contributed by atoms with E-state index in [0.717, 1.165) is 46.0 Å². The number of aryl methyl sites for hydroxylation is 2. The highest BCUT2D eigenvalue weighted by Gasteiger charge is 2.17.